The van der Waals surface area contributed by atoms with Crippen LogP contribution in [0.1, 0.15) is 25.7 Å². The van der Waals surface area contributed by atoms with E-state index in [0.29, 0.717) is 28.3 Å². The van der Waals surface area contributed by atoms with Gasteiger partial charge in [-0.1, -0.05) is 23.2 Å². The third-order valence-corrected chi connectivity index (χ3v) is 4.97. The van der Waals surface area contributed by atoms with Gasteiger partial charge in [0.25, 0.3) is 0 Å². The van der Waals surface area contributed by atoms with Crippen molar-refractivity contribution < 1.29 is 14.2 Å². The molecule has 1 fully saturated rings. The fourth-order valence-electron chi connectivity index (χ4n) is 2.82. The summed E-state index contributed by atoms with van der Waals surface area (Å²) in [7, 11) is 1.76. The lowest BCUT2D eigenvalue weighted by Crippen LogP contribution is -2.38. The van der Waals surface area contributed by atoms with Gasteiger partial charge in [-0.15, -0.1) is 24.0 Å². The SMILES string of the molecule is CN=C(NCCCOCC1CCOCC1)NCCCOc1ccc(Cl)cc1Cl.I. The summed E-state index contributed by atoms with van der Waals surface area (Å²) >= 11 is 12.0. The lowest BCUT2D eigenvalue weighted by molar-refractivity contribution is 0.0203. The van der Waals surface area contributed by atoms with Crippen molar-refractivity contribution in [1.82, 2.24) is 10.6 Å². The minimum Gasteiger partial charge on any atom is -0.492 e. The largest absolute Gasteiger partial charge is 0.492 e. The van der Waals surface area contributed by atoms with Gasteiger partial charge in [-0.3, -0.25) is 4.99 Å². The Balaban J connectivity index is 0.00000420. The molecule has 29 heavy (non-hydrogen) atoms. The monoisotopic (exact) mass is 559 g/mol. The number of benzene rings is 1. The molecule has 0 aromatic heterocycles. The number of nitrogens with one attached hydrogen (secondary N) is 2. The van der Waals surface area contributed by atoms with Crippen molar-refractivity contribution >= 4 is 53.1 Å². The van der Waals surface area contributed by atoms with Gasteiger partial charge in [0.2, 0.25) is 0 Å². The third kappa shape index (κ3) is 11.5. The number of halogens is 3. The first kappa shape index (κ1) is 26.6. The molecule has 2 N–H and O–H groups in total. The van der Waals surface area contributed by atoms with Crippen molar-refractivity contribution in [3.8, 4) is 5.75 Å². The van der Waals surface area contributed by atoms with Crippen LogP contribution in [0.5, 0.6) is 5.75 Å². The number of hydrogen-bond acceptors (Lipinski definition) is 4. The van der Waals surface area contributed by atoms with E-state index in [2.05, 4.69) is 15.6 Å². The topological polar surface area (TPSA) is 64.1 Å². The fourth-order valence-corrected chi connectivity index (χ4v) is 3.28. The number of hydrogen-bond donors (Lipinski definition) is 2. The van der Waals surface area contributed by atoms with Crippen LogP contribution in [0.3, 0.4) is 0 Å². The van der Waals surface area contributed by atoms with Crippen molar-refractivity contribution in [2.75, 3.05) is 53.2 Å². The molecule has 1 aliphatic rings. The van der Waals surface area contributed by atoms with Gasteiger partial charge in [-0.05, 0) is 49.8 Å². The molecule has 0 atom stereocenters. The van der Waals surface area contributed by atoms with Crippen molar-refractivity contribution in [1.29, 1.82) is 0 Å². The molecule has 1 saturated heterocycles. The number of guanidine groups is 1. The van der Waals surface area contributed by atoms with Gasteiger partial charge in [0.1, 0.15) is 5.75 Å². The van der Waals surface area contributed by atoms with E-state index in [9.17, 15) is 0 Å². The second-order valence-electron chi connectivity index (χ2n) is 6.69. The highest BCUT2D eigenvalue weighted by molar-refractivity contribution is 14.0. The van der Waals surface area contributed by atoms with E-state index in [1.807, 2.05) is 0 Å². The predicted molar refractivity (Wildman–Crippen MR) is 130 cm³/mol. The quantitative estimate of drug-likeness (QED) is 0.182. The van der Waals surface area contributed by atoms with Crippen LogP contribution < -0.4 is 15.4 Å². The Morgan fingerprint density at radius 1 is 1.14 bits per heavy atom. The highest BCUT2D eigenvalue weighted by atomic mass is 127. The first-order valence-electron chi connectivity index (χ1n) is 9.87. The maximum Gasteiger partial charge on any atom is 0.190 e. The lowest BCUT2D eigenvalue weighted by atomic mass is 10.0. The van der Waals surface area contributed by atoms with Crippen molar-refractivity contribution in [2.45, 2.75) is 25.7 Å². The van der Waals surface area contributed by atoms with Gasteiger partial charge in [0, 0.05) is 51.6 Å². The summed E-state index contributed by atoms with van der Waals surface area (Å²) in [6, 6.07) is 5.22. The fraction of sp³-hybridized carbons (Fsp3) is 0.650. The molecule has 1 aromatic rings. The minimum atomic E-state index is 0. The Morgan fingerprint density at radius 2 is 1.83 bits per heavy atom. The van der Waals surface area contributed by atoms with E-state index in [4.69, 9.17) is 37.4 Å². The van der Waals surface area contributed by atoms with Gasteiger partial charge in [0.05, 0.1) is 11.6 Å². The molecule has 0 unspecified atom stereocenters. The van der Waals surface area contributed by atoms with E-state index in [1.165, 1.54) is 0 Å². The van der Waals surface area contributed by atoms with E-state index in [-0.39, 0.29) is 24.0 Å². The molecule has 0 radical (unpaired) electrons. The molecule has 0 bridgehead atoms. The van der Waals surface area contributed by atoms with Crippen LogP contribution in [-0.4, -0.2) is 59.1 Å². The van der Waals surface area contributed by atoms with Crippen LogP contribution >= 0.6 is 47.2 Å². The summed E-state index contributed by atoms with van der Waals surface area (Å²) in [6.45, 7) is 5.48. The van der Waals surface area contributed by atoms with Gasteiger partial charge in [-0.25, -0.2) is 0 Å². The second kappa shape index (κ2) is 16.2. The molecule has 6 nitrogen and oxygen atoms in total. The van der Waals surface area contributed by atoms with Gasteiger partial charge in [0.15, 0.2) is 5.96 Å². The Bertz CT molecular complexity index is 602. The molecule has 0 spiro atoms. The number of nitrogens with zero attached hydrogens (tertiary/aromatic N) is 1. The number of rotatable bonds is 11. The van der Waals surface area contributed by atoms with Crippen LogP contribution in [-0.2, 0) is 9.47 Å². The molecule has 9 heteroatoms. The molecule has 2 rings (SSSR count). The first-order valence-corrected chi connectivity index (χ1v) is 10.6. The Morgan fingerprint density at radius 3 is 2.48 bits per heavy atom. The zero-order valence-electron chi connectivity index (χ0n) is 16.9. The summed E-state index contributed by atoms with van der Waals surface area (Å²) in [5, 5.41) is 7.69. The predicted octanol–water partition coefficient (Wildman–Crippen LogP) is 4.38. The van der Waals surface area contributed by atoms with Crippen LogP contribution in [0.2, 0.25) is 10.0 Å². The van der Waals surface area contributed by atoms with Crippen molar-refractivity contribution in [3.63, 3.8) is 0 Å². The van der Waals surface area contributed by atoms with Gasteiger partial charge in [-0.2, -0.15) is 0 Å². The summed E-state index contributed by atoms with van der Waals surface area (Å²) in [6.07, 6.45) is 4.00. The van der Waals surface area contributed by atoms with Crippen LogP contribution in [0.4, 0.5) is 0 Å². The smallest absolute Gasteiger partial charge is 0.190 e. The van der Waals surface area contributed by atoms with E-state index in [0.717, 1.165) is 71.2 Å². The molecule has 1 aliphatic heterocycles. The minimum absolute atomic E-state index is 0. The zero-order chi connectivity index (χ0) is 20.0. The standard InChI is InChI=1S/C20H31Cl2N3O3.HI/c1-23-20(24-8-2-10-27-15-16-6-12-26-13-7-16)25-9-3-11-28-19-5-4-17(21)14-18(19)22;/h4-5,14,16H,2-3,6-13,15H2,1H3,(H2,23,24,25);1H. The number of aliphatic imine (C=N–C) groups is 1. The summed E-state index contributed by atoms with van der Waals surface area (Å²) < 4.78 is 16.8. The molecule has 1 aromatic carbocycles. The summed E-state index contributed by atoms with van der Waals surface area (Å²) in [4.78, 5) is 4.22. The molecular weight excluding hydrogens is 528 g/mol. The molecule has 0 amide bonds. The van der Waals surface area contributed by atoms with Crippen molar-refractivity contribution in [2.24, 2.45) is 10.9 Å². The Labute approximate surface area is 201 Å². The average Bonchev–Trinajstić information content (AvgIpc) is 2.71. The molecule has 1 heterocycles. The van der Waals surface area contributed by atoms with Crippen LogP contribution in [0.15, 0.2) is 23.2 Å². The first-order chi connectivity index (χ1) is 13.7. The zero-order valence-corrected chi connectivity index (χ0v) is 20.8. The summed E-state index contributed by atoms with van der Waals surface area (Å²) in [5.41, 5.74) is 0. The average molecular weight is 560 g/mol. The maximum absolute atomic E-state index is 6.08. The highest BCUT2D eigenvalue weighted by Gasteiger charge is 2.13. The molecule has 166 valence electrons. The van der Waals surface area contributed by atoms with E-state index >= 15 is 0 Å². The third-order valence-electron chi connectivity index (χ3n) is 4.44. The molecule has 0 saturated carbocycles. The molecule has 0 aliphatic carbocycles. The van der Waals surface area contributed by atoms with Gasteiger partial charge < -0.3 is 24.8 Å². The Kier molecular flexibility index (Phi) is 14.9. The van der Waals surface area contributed by atoms with E-state index in [1.54, 1.807) is 25.2 Å². The van der Waals surface area contributed by atoms with E-state index < -0.39 is 0 Å². The Hall–Kier alpha value is -0.480. The van der Waals surface area contributed by atoms with Crippen molar-refractivity contribution in [3.05, 3.63) is 28.2 Å². The highest BCUT2D eigenvalue weighted by Crippen LogP contribution is 2.27. The van der Waals surface area contributed by atoms with Crippen LogP contribution in [0, 0.1) is 5.92 Å². The number of ether oxygens (including phenoxy) is 3. The lowest BCUT2D eigenvalue weighted by Gasteiger charge is -2.21. The normalized spacial score (nSPS) is 14.9. The van der Waals surface area contributed by atoms with Crippen LogP contribution in [0.25, 0.3) is 0 Å². The maximum atomic E-state index is 6.08. The summed E-state index contributed by atoms with van der Waals surface area (Å²) in [5.74, 6) is 2.09. The second-order valence-corrected chi connectivity index (χ2v) is 7.53. The molecular formula is C20H32Cl2IN3O3. The van der Waals surface area contributed by atoms with Gasteiger partial charge >= 0.3 is 0 Å².